The summed E-state index contributed by atoms with van der Waals surface area (Å²) >= 11 is 6.09. The molecule has 3 aromatic rings. The molecule has 1 aliphatic rings. The average Bonchev–Trinajstić information content (AvgIpc) is 2.93. The molecule has 0 bridgehead atoms. The highest BCUT2D eigenvalue weighted by Crippen LogP contribution is 2.23. The van der Waals surface area contributed by atoms with Gasteiger partial charge in [0.2, 0.25) is 11.8 Å². The number of nitro groups is 1. The summed E-state index contributed by atoms with van der Waals surface area (Å²) in [7, 11) is 0. The number of carbonyl (C=O) groups excluding carboxylic acids is 2. The second-order valence-electron chi connectivity index (χ2n) is 9.76. The van der Waals surface area contributed by atoms with Crippen LogP contribution in [0.25, 0.3) is 0 Å². The first-order valence-corrected chi connectivity index (χ1v) is 13.4. The lowest BCUT2D eigenvalue weighted by Crippen LogP contribution is -2.53. The Hall–Kier alpha value is -3.71. The number of hydrogen-bond acceptors (Lipinski definition) is 4. The van der Waals surface area contributed by atoms with Gasteiger partial charge in [-0.2, -0.15) is 0 Å². The summed E-state index contributed by atoms with van der Waals surface area (Å²) in [5.41, 5.74) is 1.94. The van der Waals surface area contributed by atoms with E-state index in [1.165, 1.54) is 6.07 Å². The van der Waals surface area contributed by atoms with Gasteiger partial charge in [-0.25, -0.2) is 0 Å². The highest BCUT2D eigenvalue weighted by atomic mass is 35.5. The van der Waals surface area contributed by atoms with Crippen molar-refractivity contribution in [1.29, 1.82) is 0 Å². The van der Waals surface area contributed by atoms with Gasteiger partial charge in [0.05, 0.1) is 11.3 Å². The number of halogens is 1. The van der Waals surface area contributed by atoms with Gasteiger partial charge in [0.15, 0.2) is 0 Å². The molecule has 1 aliphatic carbocycles. The Morgan fingerprint density at radius 2 is 1.58 bits per heavy atom. The highest BCUT2D eigenvalue weighted by molar-refractivity contribution is 6.30. The second-order valence-corrected chi connectivity index (χ2v) is 10.2. The van der Waals surface area contributed by atoms with E-state index < -0.39 is 11.0 Å². The van der Waals surface area contributed by atoms with Gasteiger partial charge in [-0.3, -0.25) is 19.7 Å². The normalized spacial score (nSPS) is 14.4. The van der Waals surface area contributed by atoms with Crippen molar-refractivity contribution in [1.82, 2.24) is 10.2 Å². The Labute approximate surface area is 228 Å². The minimum absolute atomic E-state index is 0.0808. The number of nitro benzene ring substituents is 1. The van der Waals surface area contributed by atoms with Gasteiger partial charge >= 0.3 is 0 Å². The summed E-state index contributed by atoms with van der Waals surface area (Å²) < 4.78 is 0. The fraction of sp³-hybridized carbons (Fsp3) is 0.333. The van der Waals surface area contributed by atoms with Crippen LogP contribution in [-0.4, -0.2) is 33.7 Å². The van der Waals surface area contributed by atoms with Crippen molar-refractivity contribution < 1.29 is 14.5 Å². The van der Waals surface area contributed by atoms with Gasteiger partial charge in [-0.05, 0) is 36.1 Å². The fourth-order valence-electron chi connectivity index (χ4n) is 4.99. The van der Waals surface area contributed by atoms with Crippen molar-refractivity contribution in [3.63, 3.8) is 0 Å². The molecular weight excluding hydrogens is 502 g/mol. The summed E-state index contributed by atoms with van der Waals surface area (Å²) in [4.78, 5) is 40.4. The summed E-state index contributed by atoms with van der Waals surface area (Å²) in [5.74, 6) is -0.556. The predicted octanol–water partition coefficient (Wildman–Crippen LogP) is 5.88. The quantitative estimate of drug-likeness (QED) is 0.260. The largest absolute Gasteiger partial charge is 0.352 e. The number of amides is 2. The molecule has 3 aromatic carbocycles. The average molecular weight is 534 g/mol. The minimum atomic E-state index is -0.787. The van der Waals surface area contributed by atoms with Crippen LogP contribution in [0.5, 0.6) is 0 Å². The third-order valence-electron chi connectivity index (χ3n) is 7.02. The second kappa shape index (κ2) is 13.2. The van der Waals surface area contributed by atoms with Crippen molar-refractivity contribution in [3.8, 4) is 0 Å². The molecule has 2 amide bonds. The zero-order chi connectivity index (χ0) is 26.9. The zero-order valence-electron chi connectivity index (χ0n) is 21.2. The van der Waals surface area contributed by atoms with Crippen molar-refractivity contribution in [2.45, 2.75) is 63.6 Å². The highest BCUT2D eigenvalue weighted by Gasteiger charge is 2.32. The first-order valence-electron chi connectivity index (χ1n) is 13.0. The Kier molecular flexibility index (Phi) is 9.49. The minimum Gasteiger partial charge on any atom is -0.352 e. The molecule has 0 saturated heterocycles. The standard InChI is InChI=1S/C30H32ClN3O4/c31-25-17-15-23(16-18-25)21-33(29(35)20-24-11-7-8-14-27(24)34(37)38)28(19-22-9-3-1-4-10-22)30(36)32-26-12-5-2-6-13-26/h1,3-4,7-11,14-18,26,28H,2,5-6,12-13,19-21H2,(H,32,36). The van der Waals surface area contributed by atoms with Crippen molar-refractivity contribution in [3.05, 3.63) is 111 Å². The van der Waals surface area contributed by atoms with E-state index in [0.717, 1.165) is 43.2 Å². The van der Waals surface area contributed by atoms with Crippen LogP contribution in [0.3, 0.4) is 0 Å². The van der Waals surface area contributed by atoms with Gasteiger partial charge in [-0.15, -0.1) is 0 Å². The number of hydrogen-bond donors (Lipinski definition) is 1. The first-order chi connectivity index (χ1) is 18.4. The molecule has 0 spiro atoms. The number of para-hydroxylation sites is 1. The van der Waals surface area contributed by atoms with Crippen LogP contribution in [0.4, 0.5) is 5.69 Å². The molecule has 8 heteroatoms. The van der Waals surface area contributed by atoms with Crippen LogP contribution >= 0.6 is 11.6 Å². The molecule has 0 aliphatic heterocycles. The fourth-order valence-corrected chi connectivity index (χ4v) is 5.11. The lowest BCUT2D eigenvalue weighted by atomic mass is 9.94. The molecule has 0 radical (unpaired) electrons. The van der Waals surface area contributed by atoms with E-state index in [9.17, 15) is 19.7 Å². The smallest absolute Gasteiger partial charge is 0.273 e. The van der Waals surface area contributed by atoms with Gasteiger partial charge in [-0.1, -0.05) is 91.5 Å². The maximum atomic E-state index is 13.9. The van der Waals surface area contributed by atoms with Crippen LogP contribution in [0.15, 0.2) is 78.9 Å². The number of benzene rings is 3. The number of rotatable bonds is 10. The van der Waals surface area contributed by atoms with E-state index in [2.05, 4.69) is 5.32 Å². The van der Waals surface area contributed by atoms with E-state index in [1.807, 2.05) is 42.5 Å². The molecule has 4 rings (SSSR count). The first kappa shape index (κ1) is 27.3. The van der Waals surface area contributed by atoms with Crippen LogP contribution in [0.1, 0.15) is 48.8 Å². The van der Waals surface area contributed by atoms with Crippen LogP contribution < -0.4 is 5.32 Å². The van der Waals surface area contributed by atoms with Gasteiger partial charge in [0.25, 0.3) is 5.69 Å². The molecule has 7 nitrogen and oxygen atoms in total. The number of nitrogens with one attached hydrogen (secondary N) is 1. The molecule has 1 unspecified atom stereocenters. The molecule has 0 heterocycles. The molecule has 1 fully saturated rings. The van der Waals surface area contributed by atoms with Crippen LogP contribution in [-0.2, 0) is 29.0 Å². The van der Waals surface area contributed by atoms with Crippen molar-refractivity contribution in [2.75, 3.05) is 0 Å². The lowest BCUT2D eigenvalue weighted by Gasteiger charge is -2.33. The van der Waals surface area contributed by atoms with Crippen LogP contribution in [0, 0.1) is 10.1 Å². The topological polar surface area (TPSA) is 92.6 Å². The van der Waals surface area contributed by atoms with E-state index in [0.29, 0.717) is 17.0 Å². The number of carbonyl (C=O) groups is 2. The monoisotopic (exact) mass is 533 g/mol. The third-order valence-corrected chi connectivity index (χ3v) is 7.27. The molecule has 1 atom stereocenters. The molecule has 198 valence electrons. The summed E-state index contributed by atoms with van der Waals surface area (Å²) in [6.45, 7) is 0.173. The Bertz CT molecular complexity index is 1240. The van der Waals surface area contributed by atoms with Gasteiger partial charge in [0, 0.05) is 35.7 Å². The molecule has 38 heavy (non-hydrogen) atoms. The SMILES string of the molecule is O=C(NC1CCCCC1)C(Cc1ccccc1)N(Cc1ccc(Cl)cc1)C(=O)Cc1ccccc1[N+](=O)[O-]. The molecule has 0 aromatic heterocycles. The van der Waals surface area contributed by atoms with Crippen LogP contribution in [0.2, 0.25) is 5.02 Å². The summed E-state index contributed by atoms with van der Waals surface area (Å²) in [6.07, 6.45) is 5.29. The van der Waals surface area contributed by atoms with E-state index in [1.54, 1.807) is 35.2 Å². The Balaban J connectivity index is 1.68. The Morgan fingerprint density at radius 1 is 0.921 bits per heavy atom. The van der Waals surface area contributed by atoms with E-state index in [-0.39, 0.29) is 36.5 Å². The molecular formula is C30H32ClN3O4. The molecule has 1 N–H and O–H groups in total. The predicted molar refractivity (Wildman–Crippen MR) is 148 cm³/mol. The van der Waals surface area contributed by atoms with E-state index in [4.69, 9.17) is 11.6 Å². The van der Waals surface area contributed by atoms with Crippen molar-refractivity contribution >= 4 is 29.1 Å². The number of nitrogens with zero attached hydrogens (tertiary/aromatic N) is 2. The van der Waals surface area contributed by atoms with E-state index >= 15 is 0 Å². The Morgan fingerprint density at radius 3 is 2.26 bits per heavy atom. The maximum Gasteiger partial charge on any atom is 0.273 e. The van der Waals surface area contributed by atoms with Gasteiger partial charge < -0.3 is 10.2 Å². The molecule has 1 saturated carbocycles. The van der Waals surface area contributed by atoms with Gasteiger partial charge in [0.1, 0.15) is 6.04 Å². The third kappa shape index (κ3) is 7.42. The van der Waals surface area contributed by atoms with Crippen molar-refractivity contribution in [2.24, 2.45) is 0 Å². The summed E-state index contributed by atoms with van der Waals surface area (Å²) in [5, 5.41) is 15.4. The zero-order valence-corrected chi connectivity index (χ0v) is 22.0. The summed E-state index contributed by atoms with van der Waals surface area (Å²) in [6, 6.07) is 22.3. The lowest BCUT2D eigenvalue weighted by molar-refractivity contribution is -0.385. The maximum absolute atomic E-state index is 13.9.